The Balaban J connectivity index is 1.65. The van der Waals surface area contributed by atoms with Crippen LogP contribution in [0.25, 0.3) is 11.1 Å². The normalized spacial score (nSPS) is 11.2. The molecule has 1 aromatic heterocycles. The molecule has 0 aliphatic carbocycles. The maximum absolute atomic E-state index is 5.95. The lowest BCUT2D eigenvalue weighted by molar-refractivity contribution is 0.410. The Morgan fingerprint density at radius 3 is 2.48 bits per heavy atom. The lowest BCUT2D eigenvalue weighted by Crippen LogP contribution is -2.23. The summed E-state index contributed by atoms with van der Waals surface area (Å²) < 4.78 is 5.31. The van der Waals surface area contributed by atoms with E-state index in [4.69, 9.17) is 10.5 Å². The number of para-hydroxylation sites is 1. The molecule has 0 saturated heterocycles. The van der Waals surface area contributed by atoms with Gasteiger partial charge in [-0.05, 0) is 23.8 Å². The molecule has 25 heavy (non-hydrogen) atoms. The zero-order valence-electron chi connectivity index (χ0n) is 14.0. The van der Waals surface area contributed by atoms with Crippen molar-refractivity contribution in [3.8, 4) is 16.9 Å². The summed E-state index contributed by atoms with van der Waals surface area (Å²) in [6, 6.07) is 21.7. The second-order valence-corrected chi connectivity index (χ2v) is 5.44. The summed E-state index contributed by atoms with van der Waals surface area (Å²) in [5, 5.41) is 3.00. The Kier molecular flexibility index (Phi) is 5.26. The van der Waals surface area contributed by atoms with E-state index in [0.717, 1.165) is 22.4 Å². The van der Waals surface area contributed by atoms with Crippen LogP contribution in [0, 0.1) is 0 Å². The molecule has 126 valence electrons. The maximum Gasteiger partial charge on any atom is 0.194 e. The van der Waals surface area contributed by atoms with Gasteiger partial charge in [0.2, 0.25) is 0 Å². The first-order chi connectivity index (χ1) is 12.3. The van der Waals surface area contributed by atoms with E-state index >= 15 is 0 Å². The quantitative estimate of drug-likeness (QED) is 0.552. The van der Waals surface area contributed by atoms with Gasteiger partial charge in [-0.25, -0.2) is 9.98 Å². The predicted octanol–water partition coefficient (Wildman–Crippen LogP) is 3.68. The number of benzene rings is 2. The smallest absolute Gasteiger partial charge is 0.194 e. The summed E-state index contributed by atoms with van der Waals surface area (Å²) in [6.07, 6.45) is 1.81. The number of nitrogens with one attached hydrogen (secondary N) is 1. The van der Waals surface area contributed by atoms with Crippen LogP contribution in [0.4, 0.5) is 5.82 Å². The van der Waals surface area contributed by atoms with Gasteiger partial charge in [-0.3, -0.25) is 0 Å². The topological polar surface area (TPSA) is 72.5 Å². The molecule has 0 atom stereocenters. The van der Waals surface area contributed by atoms with Crippen molar-refractivity contribution in [2.24, 2.45) is 10.7 Å². The largest absolute Gasteiger partial charge is 0.496 e. The minimum absolute atomic E-state index is 0.311. The average molecular weight is 332 g/mol. The molecular formula is C20H20N4O. The first-order valence-electron chi connectivity index (χ1n) is 7.96. The van der Waals surface area contributed by atoms with Crippen LogP contribution in [0.5, 0.6) is 5.75 Å². The summed E-state index contributed by atoms with van der Waals surface area (Å²) in [6.45, 7) is 0.435. The molecule has 0 unspecified atom stereocenters. The molecule has 0 fully saturated rings. The summed E-state index contributed by atoms with van der Waals surface area (Å²) in [4.78, 5) is 8.73. The standard InChI is InChI=1S/C20H20N4O/c1-25-18-10-6-5-9-17(18)14-23-20(21)24-19-12-11-16(13-22-19)15-7-3-2-4-8-15/h2-13H,14H2,1H3,(H3,21,22,23,24). The minimum atomic E-state index is 0.311. The highest BCUT2D eigenvalue weighted by Gasteiger charge is 2.02. The SMILES string of the molecule is COc1ccccc1CN=C(N)Nc1ccc(-c2ccccc2)cn1. The van der Waals surface area contributed by atoms with E-state index in [0.29, 0.717) is 18.3 Å². The number of nitrogens with zero attached hydrogens (tertiary/aromatic N) is 2. The van der Waals surface area contributed by atoms with E-state index in [2.05, 4.69) is 15.3 Å². The number of nitrogens with two attached hydrogens (primary N) is 1. The van der Waals surface area contributed by atoms with Crippen LogP contribution in [0.2, 0.25) is 0 Å². The Bertz CT molecular complexity index is 845. The average Bonchev–Trinajstić information content (AvgIpc) is 2.68. The molecule has 3 rings (SSSR count). The Morgan fingerprint density at radius 2 is 1.76 bits per heavy atom. The van der Waals surface area contributed by atoms with Gasteiger partial charge in [-0.1, -0.05) is 48.5 Å². The second-order valence-electron chi connectivity index (χ2n) is 5.44. The summed E-state index contributed by atoms with van der Waals surface area (Å²) in [7, 11) is 1.64. The number of guanidine groups is 1. The number of methoxy groups -OCH3 is 1. The first kappa shape index (κ1) is 16.5. The number of aliphatic imine (C=N–C) groups is 1. The fraction of sp³-hybridized carbons (Fsp3) is 0.100. The number of hydrogen-bond acceptors (Lipinski definition) is 3. The molecule has 0 saturated carbocycles. The minimum Gasteiger partial charge on any atom is -0.496 e. The number of ether oxygens (including phenoxy) is 1. The van der Waals surface area contributed by atoms with Crippen molar-refractivity contribution in [1.82, 2.24) is 4.98 Å². The Labute approximate surface area is 147 Å². The van der Waals surface area contributed by atoms with Gasteiger partial charge in [0.15, 0.2) is 5.96 Å². The van der Waals surface area contributed by atoms with Crippen molar-refractivity contribution < 1.29 is 4.74 Å². The Hall–Kier alpha value is -3.34. The lowest BCUT2D eigenvalue weighted by Gasteiger charge is -2.08. The molecule has 0 amide bonds. The van der Waals surface area contributed by atoms with Crippen LogP contribution in [0.15, 0.2) is 77.9 Å². The van der Waals surface area contributed by atoms with E-state index in [9.17, 15) is 0 Å². The van der Waals surface area contributed by atoms with Gasteiger partial charge < -0.3 is 15.8 Å². The summed E-state index contributed by atoms with van der Waals surface area (Å²) in [5.41, 5.74) is 9.10. The molecule has 5 nitrogen and oxygen atoms in total. The number of aromatic nitrogens is 1. The van der Waals surface area contributed by atoms with Crippen LogP contribution >= 0.6 is 0 Å². The zero-order valence-corrected chi connectivity index (χ0v) is 14.0. The van der Waals surface area contributed by atoms with Crippen molar-refractivity contribution in [3.63, 3.8) is 0 Å². The van der Waals surface area contributed by atoms with Crippen molar-refractivity contribution in [3.05, 3.63) is 78.5 Å². The van der Waals surface area contributed by atoms with Crippen molar-refractivity contribution >= 4 is 11.8 Å². The summed E-state index contributed by atoms with van der Waals surface area (Å²) in [5.74, 6) is 1.76. The Morgan fingerprint density at radius 1 is 1.00 bits per heavy atom. The molecule has 1 heterocycles. The molecule has 2 aromatic carbocycles. The van der Waals surface area contributed by atoms with Crippen LogP contribution in [-0.4, -0.2) is 18.1 Å². The number of anilines is 1. The maximum atomic E-state index is 5.95. The van der Waals surface area contributed by atoms with Crippen molar-refractivity contribution in [2.75, 3.05) is 12.4 Å². The molecule has 0 radical (unpaired) electrons. The molecular weight excluding hydrogens is 312 g/mol. The third kappa shape index (κ3) is 4.35. The lowest BCUT2D eigenvalue weighted by atomic mass is 10.1. The molecule has 3 N–H and O–H groups in total. The third-order valence-corrected chi connectivity index (χ3v) is 3.74. The van der Waals surface area contributed by atoms with E-state index in [-0.39, 0.29) is 0 Å². The van der Waals surface area contributed by atoms with Gasteiger partial charge in [-0.15, -0.1) is 0 Å². The number of pyridine rings is 1. The van der Waals surface area contributed by atoms with Crippen LogP contribution in [-0.2, 0) is 6.54 Å². The number of hydrogen-bond donors (Lipinski definition) is 2. The van der Waals surface area contributed by atoms with E-state index in [1.54, 1.807) is 7.11 Å². The highest BCUT2D eigenvalue weighted by Crippen LogP contribution is 2.19. The summed E-state index contributed by atoms with van der Waals surface area (Å²) >= 11 is 0. The highest BCUT2D eigenvalue weighted by molar-refractivity contribution is 5.91. The van der Waals surface area contributed by atoms with Crippen molar-refractivity contribution in [2.45, 2.75) is 6.54 Å². The fourth-order valence-corrected chi connectivity index (χ4v) is 2.44. The van der Waals surface area contributed by atoms with Gasteiger partial charge in [-0.2, -0.15) is 0 Å². The first-order valence-corrected chi connectivity index (χ1v) is 7.96. The van der Waals surface area contributed by atoms with Gasteiger partial charge in [0.1, 0.15) is 11.6 Å². The van der Waals surface area contributed by atoms with Crippen LogP contribution in [0.1, 0.15) is 5.56 Å². The van der Waals surface area contributed by atoms with Gasteiger partial charge in [0, 0.05) is 17.3 Å². The molecule has 5 heteroatoms. The molecule has 0 aliphatic rings. The van der Waals surface area contributed by atoms with E-state index < -0.39 is 0 Å². The molecule has 0 spiro atoms. The molecule has 3 aromatic rings. The third-order valence-electron chi connectivity index (χ3n) is 3.74. The number of rotatable bonds is 5. The molecule has 0 bridgehead atoms. The van der Waals surface area contributed by atoms with E-state index in [1.807, 2.05) is 72.9 Å². The predicted molar refractivity (Wildman–Crippen MR) is 102 cm³/mol. The van der Waals surface area contributed by atoms with Crippen LogP contribution < -0.4 is 15.8 Å². The fourth-order valence-electron chi connectivity index (χ4n) is 2.44. The highest BCUT2D eigenvalue weighted by atomic mass is 16.5. The second kappa shape index (κ2) is 7.97. The van der Waals surface area contributed by atoms with Gasteiger partial charge in [0.05, 0.1) is 13.7 Å². The van der Waals surface area contributed by atoms with E-state index in [1.165, 1.54) is 0 Å². The van der Waals surface area contributed by atoms with Gasteiger partial charge in [0.25, 0.3) is 0 Å². The van der Waals surface area contributed by atoms with Crippen molar-refractivity contribution in [1.29, 1.82) is 0 Å². The van der Waals surface area contributed by atoms with Crippen LogP contribution in [0.3, 0.4) is 0 Å². The monoisotopic (exact) mass is 332 g/mol. The molecule has 0 aliphatic heterocycles. The van der Waals surface area contributed by atoms with Gasteiger partial charge >= 0.3 is 0 Å². The zero-order chi connectivity index (χ0) is 17.5.